The van der Waals surface area contributed by atoms with Crippen LogP contribution in [0.3, 0.4) is 0 Å². The molecule has 0 aromatic heterocycles. The molecule has 0 spiro atoms. The van der Waals surface area contributed by atoms with Crippen LogP contribution in [0, 0.1) is 0 Å². The Labute approximate surface area is 104 Å². The van der Waals surface area contributed by atoms with Crippen molar-refractivity contribution >= 4 is 0 Å². The molecule has 0 saturated carbocycles. The summed E-state index contributed by atoms with van der Waals surface area (Å²) in [4.78, 5) is 0. The molecule has 0 bridgehead atoms. The Hall–Kier alpha value is -1.06. The van der Waals surface area contributed by atoms with E-state index in [4.69, 9.17) is 5.84 Å². The molecule has 17 heavy (non-hydrogen) atoms. The van der Waals surface area contributed by atoms with Crippen molar-refractivity contribution in [3.63, 3.8) is 0 Å². The molecule has 0 aliphatic rings. The summed E-state index contributed by atoms with van der Waals surface area (Å²) in [7, 11) is 0. The number of phenolic OH excluding ortho intramolecular Hbond substituents is 1. The third kappa shape index (κ3) is 5.20. The third-order valence-corrected chi connectivity index (χ3v) is 3.09. The fraction of sp³-hybridized carbons (Fsp3) is 0.571. The van der Waals surface area contributed by atoms with Crippen LogP contribution in [-0.2, 0) is 0 Å². The number of phenols is 1. The SMILES string of the molecule is CCCCCCC[C@@H](NN)c1ccc(O)cc1. The maximum absolute atomic E-state index is 9.23. The number of nitrogens with one attached hydrogen (secondary N) is 1. The summed E-state index contributed by atoms with van der Waals surface area (Å²) in [5, 5.41) is 9.23. The fourth-order valence-corrected chi connectivity index (χ4v) is 2.00. The van der Waals surface area contributed by atoms with Crippen molar-refractivity contribution in [1.29, 1.82) is 0 Å². The van der Waals surface area contributed by atoms with Crippen LogP contribution in [0.25, 0.3) is 0 Å². The number of aromatic hydroxyl groups is 1. The van der Waals surface area contributed by atoms with Crippen LogP contribution in [0.2, 0.25) is 0 Å². The Morgan fingerprint density at radius 3 is 2.35 bits per heavy atom. The van der Waals surface area contributed by atoms with Crippen molar-refractivity contribution in [2.45, 2.75) is 51.5 Å². The maximum Gasteiger partial charge on any atom is 0.115 e. The summed E-state index contributed by atoms with van der Waals surface area (Å²) in [5.41, 5.74) is 3.99. The topological polar surface area (TPSA) is 58.3 Å². The predicted octanol–water partition coefficient (Wildman–Crippen LogP) is 3.26. The van der Waals surface area contributed by atoms with E-state index in [-0.39, 0.29) is 6.04 Å². The van der Waals surface area contributed by atoms with E-state index in [1.807, 2.05) is 12.1 Å². The summed E-state index contributed by atoms with van der Waals surface area (Å²) in [6.07, 6.45) is 7.41. The predicted molar refractivity (Wildman–Crippen MR) is 71.5 cm³/mol. The molecule has 0 saturated heterocycles. The van der Waals surface area contributed by atoms with Crippen LogP contribution in [0.5, 0.6) is 5.75 Å². The van der Waals surface area contributed by atoms with Gasteiger partial charge in [-0.1, -0.05) is 51.2 Å². The van der Waals surface area contributed by atoms with Crippen molar-refractivity contribution in [1.82, 2.24) is 5.43 Å². The minimum atomic E-state index is 0.192. The Kier molecular flexibility index (Phi) is 6.67. The van der Waals surface area contributed by atoms with Gasteiger partial charge in [-0.2, -0.15) is 0 Å². The number of rotatable bonds is 8. The summed E-state index contributed by atoms with van der Waals surface area (Å²) >= 11 is 0. The quantitative estimate of drug-likeness (QED) is 0.369. The monoisotopic (exact) mass is 236 g/mol. The Morgan fingerprint density at radius 2 is 1.76 bits per heavy atom. The van der Waals surface area contributed by atoms with E-state index in [9.17, 15) is 5.11 Å². The van der Waals surface area contributed by atoms with Crippen molar-refractivity contribution in [3.8, 4) is 5.75 Å². The van der Waals surface area contributed by atoms with Crippen molar-refractivity contribution in [2.24, 2.45) is 5.84 Å². The molecule has 0 unspecified atom stereocenters. The lowest BCUT2D eigenvalue weighted by molar-refractivity contribution is 0.468. The van der Waals surface area contributed by atoms with Gasteiger partial charge in [-0.15, -0.1) is 0 Å². The van der Waals surface area contributed by atoms with Crippen molar-refractivity contribution in [2.75, 3.05) is 0 Å². The highest BCUT2D eigenvalue weighted by Gasteiger charge is 2.08. The van der Waals surface area contributed by atoms with Gasteiger partial charge in [0.25, 0.3) is 0 Å². The van der Waals surface area contributed by atoms with Gasteiger partial charge < -0.3 is 5.11 Å². The second-order valence-corrected chi connectivity index (χ2v) is 4.51. The zero-order chi connectivity index (χ0) is 12.5. The largest absolute Gasteiger partial charge is 0.508 e. The first-order valence-corrected chi connectivity index (χ1v) is 6.53. The van der Waals surface area contributed by atoms with Crippen molar-refractivity contribution in [3.05, 3.63) is 29.8 Å². The Morgan fingerprint density at radius 1 is 1.12 bits per heavy atom. The molecule has 0 aliphatic carbocycles. The van der Waals surface area contributed by atoms with Gasteiger partial charge >= 0.3 is 0 Å². The van der Waals surface area contributed by atoms with E-state index in [1.165, 1.54) is 32.1 Å². The second-order valence-electron chi connectivity index (χ2n) is 4.51. The lowest BCUT2D eigenvalue weighted by Crippen LogP contribution is -2.27. The number of unbranched alkanes of at least 4 members (excludes halogenated alkanes) is 4. The van der Waals surface area contributed by atoms with Gasteiger partial charge in [-0.05, 0) is 24.1 Å². The first kappa shape index (κ1) is 14.0. The van der Waals surface area contributed by atoms with Crippen LogP contribution in [0.4, 0.5) is 0 Å². The van der Waals surface area contributed by atoms with Gasteiger partial charge in [0.1, 0.15) is 5.75 Å². The molecule has 3 heteroatoms. The minimum absolute atomic E-state index is 0.192. The summed E-state index contributed by atoms with van der Waals surface area (Å²) in [6, 6.07) is 7.45. The van der Waals surface area contributed by atoms with E-state index >= 15 is 0 Å². The number of benzene rings is 1. The molecule has 0 heterocycles. The molecule has 1 rings (SSSR count). The minimum Gasteiger partial charge on any atom is -0.508 e. The molecular formula is C14H24N2O. The summed E-state index contributed by atoms with van der Waals surface area (Å²) in [6.45, 7) is 2.22. The second kappa shape index (κ2) is 8.09. The zero-order valence-electron chi connectivity index (χ0n) is 10.7. The van der Waals surface area contributed by atoms with Gasteiger partial charge in [0, 0.05) is 6.04 Å². The van der Waals surface area contributed by atoms with E-state index in [1.54, 1.807) is 12.1 Å². The molecule has 4 N–H and O–H groups in total. The molecule has 1 aromatic rings. The number of hydrogen-bond acceptors (Lipinski definition) is 3. The average molecular weight is 236 g/mol. The molecule has 0 radical (unpaired) electrons. The highest BCUT2D eigenvalue weighted by Crippen LogP contribution is 2.21. The van der Waals surface area contributed by atoms with Crippen LogP contribution in [-0.4, -0.2) is 5.11 Å². The highest BCUT2D eigenvalue weighted by molar-refractivity contribution is 5.27. The smallest absolute Gasteiger partial charge is 0.115 e. The molecule has 0 amide bonds. The first-order chi connectivity index (χ1) is 8.27. The molecular weight excluding hydrogens is 212 g/mol. The van der Waals surface area contributed by atoms with Gasteiger partial charge in [-0.3, -0.25) is 11.3 Å². The van der Waals surface area contributed by atoms with Gasteiger partial charge in [-0.25, -0.2) is 0 Å². The van der Waals surface area contributed by atoms with E-state index in [0.29, 0.717) is 5.75 Å². The third-order valence-electron chi connectivity index (χ3n) is 3.09. The van der Waals surface area contributed by atoms with Gasteiger partial charge in [0.2, 0.25) is 0 Å². The van der Waals surface area contributed by atoms with E-state index in [0.717, 1.165) is 12.0 Å². The number of nitrogens with two attached hydrogens (primary N) is 1. The van der Waals surface area contributed by atoms with Crippen LogP contribution in [0.1, 0.15) is 57.1 Å². The zero-order valence-corrected chi connectivity index (χ0v) is 10.7. The lowest BCUT2D eigenvalue weighted by Gasteiger charge is -2.16. The molecule has 3 nitrogen and oxygen atoms in total. The highest BCUT2D eigenvalue weighted by atomic mass is 16.3. The normalized spacial score (nSPS) is 12.6. The maximum atomic E-state index is 9.23. The molecule has 0 fully saturated rings. The van der Waals surface area contributed by atoms with Crippen LogP contribution in [0.15, 0.2) is 24.3 Å². The summed E-state index contributed by atoms with van der Waals surface area (Å²) in [5.74, 6) is 5.87. The first-order valence-electron chi connectivity index (χ1n) is 6.53. The van der Waals surface area contributed by atoms with E-state index in [2.05, 4.69) is 12.3 Å². The Balaban J connectivity index is 2.35. The molecule has 0 aliphatic heterocycles. The fourth-order valence-electron chi connectivity index (χ4n) is 2.00. The van der Waals surface area contributed by atoms with E-state index < -0.39 is 0 Å². The average Bonchev–Trinajstić information content (AvgIpc) is 2.35. The summed E-state index contributed by atoms with van der Waals surface area (Å²) < 4.78 is 0. The number of hydrogen-bond donors (Lipinski definition) is 3. The van der Waals surface area contributed by atoms with Crippen LogP contribution < -0.4 is 11.3 Å². The van der Waals surface area contributed by atoms with Gasteiger partial charge in [0.15, 0.2) is 0 Å². The van der Waals surface area contributed by atoms with Crippen molar-refractivity contribution < 1.29 is 5.11 Å². The lowest BCUT2D eigenvalue weighted by atomic mass is 10.0. The number of hydrazine groups is 1. The molecule has 1 aromatic carbocycles. The Bertz CT molecular complexity index is 298. The molecule has 96 valence electrons. The standard InChI is InChI=1S/C14H24N2O/c1-2-3-4-5-6-7-14(16-15)12-8-10-13(17)11-9-12/h8-11,14,16-17H,2-7,15H2,1H3/t14-/m1/s1. The van der Waals surface area contributed by atoms with Crippen LogP contribution >= 0.6 is 0 Å². The van der Waals surface area contributed by atoms with Gasteiger partial charge in [0.05, 0.1) is 0 Å². The molecule has 1 atom stereocenters.